The highest BCUT2D eigenvalue weighted by atomic mass is 19.1. The minimum atomic E-state index is -0.961. The Balaban J connectivity index is 1.76. The number of carbonyl (C=O) groups excluding carboxylic acids is 1. The molecule has 6 heteroatoms. The molecule has 0 N–H and O–H groups in total. The van der Waals surface area contributed by atoms with Gasteiger partial charge in [0.25, 0.3) is 0 Å². The Morgan fingerprint density at radius 3 is 2.59 bits per heavy atom. The normalized spacial score (nSPS) is 11.6. The lowest BCUT2D eigenvalue weighted by Crippen LogP contribution is -2.26. The van der Waals surface area contributed by atoms with E-state index >= 15 is 0 Å². The molecule has 1 aromatic carbocycles. The van der Waals surface area contributed by atoms with Crippen molar-refractivity contribution in [2.24, 2.45) is 5.41 Å². The molecule has 1 aromatic heterocycles. The van der Waals surface area contributed by atoms with Crippen molar-refractivity contribution in [1.82, 2.24) is 0 Å². The molecule has 0 aliphatic heterocycles. The Labute approximate surface area is 158 Å². The standard InChI is InChI=1S/C21H27FO5/c1-5-21(3,4)20(24)26-12-8-6-7-11-25-15-9-10-17-16(13-15)14(2)18(22)19(23)27-17/h9-10,13H,5-8,11-12H2,1-4H3. The van der Waals surface area contributed by atoms with E-state index in [1.54, 1.807) is 25.1 Å². The lowest BCUT2D eigenvalue weighted by molar-refractivity contribution is -0.154. The molecule has 5 nitrogen and oxygen atoms in total. The Morgan fingerprint density at radius 1 is 1.19 bits per heavy atom. The van der Waals surface area contributed by atoms with Gasteiger partial charge in [-0.2, -0.15) is 4.39 Å². The lowest BCUT2D eigenvalue weighted by Gasteiger charge is -2.20. The number of hydrogen-bond donors (Lipinski definition) is 0. The van der Waals surface area contributed by atoms with Crippen molar-refractivity contribution < 1.29 is 23.1 Å². The topological polar surface area (TPSA) is 65.7 Å². The third-order valence-electron chi connectivity index (χ3n) is 4.79. The number of halogens is 1. The molecule has 0 aliphatic carbocycles. The van der Waals surface area contributed by atoms with Crippen LogP contribution in [0.3, 0.4) is 0 Å². The first-order valence-electron chi connectivity index (χ1n) is 9.29. The van der Waals surface area contributed by atoms with Crippen LogP contribution >= 0.6 is 0 Å². The van der Waals surface area contributed by atoms with Crippen molar-refractivity contribution in [2.45, 2.75) is 53.4 Å². The number of esters is 1. The summed E-state index contributed by atoms with van der Waals surface area (Å²) in [5, 5.41) is 0.523. The predicted molar refractivity (Wildman–Crippen MR) is 102 cm³/mol. The summed E-state index contributed by atoms with van der Waals surface area (Å²) >= 11 is 0. The van der Waals surface area contributed by atoms with Crippen molar-refractivity contribution in [3.63, 3.8) is 0 Å². The Hall–Kier alpha value is -2.37. The second-order valence-electron chi connectivity index (χ2n) is 7.27. The molecular formula is C21H27FO5. The third kappa shape index (κ3) is 5.31. The molecule has 0 aliphatic rings. The lowest BCUT2D eigenvalue weighted by atomic mass is 9.91. The molecule has 0 radical (unpaired) electrons. The van der Waals surface area contributed by atoms with E-state index in [1.807, 2.05) is 20.8 Å². The molecule has 0 atom stereocenters. The third-order valence-corrected chi connectivity index (χ3v) is 4.79. The van der Waals surface area contributed by atoms with Gasteiger partial charge in [-0.05, 0) is 64.7 Å². The molecule has 0 bridgehead atoms. The summed E-state index contributed by atoms with van der Waals surface area (Å²) in [5.41, 5.74) is -0.807. The maximum atomic E-state index is 13.7. The Kier molecular flexibility index (Phi) is 6.99. The van der Waals surface area contributed by atoms with Crippen molar-refractivity contribution >= 4 is 16.9 Å². The highest BCUT2D eigenvalue weighted by Gasteiger charge is 2.26. The molecule has 0 spiro atoms. The molecule has 2 rings (SSSR count). The van der Waals surface area contributed by atoms with E-state index < -0.39 is 16.9 Å². The molecule has 1 heterocycles. The summed E-state index contributed by atoms with van der Waals surface area (Å²) in [6.07, 6.45) is 3.21. The van der Waals surface area contributed by atoms with Gasteiger partial charge in [-0.15, -0.1) is 0 Å². The number of fused-ring (bicyclic) bond motifs is 1. The van der Waals surface area contributed by atoms with E-state index in [0.29, 0.717) is 29.9 Å². The van der Waals surface area contributed by atoms with Crippen LogP contribution in [0.25, 0.3) is 11.0 Å². The molecule has 0 saturated carbocycles. The number of rotatable bonds is 9. The van der Waals surface area contributed by atoms with Gasteiger partial charge in [-0.3, -0.25) is 4.79 Å². The van der Waals surface area contributed by atoms with Gasteiger partial charge >= 0.3 is 11.6 Å². The number of benzene rings is 1. The van der Waals surface area contributed by atoms with E-state index in [2.05, 4.69) is 0 Å². The number of ether oxygens (including phenoxy) is 2. The van der Waals surface area contributed by atoms with Crippen LogP contribution < -0.4 is 10.4 Å². The van der Waals surface area contributed by atoms with Crippen molar-refractivity contribution in [1.29, 1.82) is 0 Å². The second-order valence-corrected chi connectivity index (χ2v) is 7.27. The van der Waals surface area contributed by atoms with Crippen LogP contribution in [0.5, 0.6) is 5.75 Å². The average Bonchev–Trinajstić information content (AvgIpc) is 2.65. The number of aryl methyl sites for hydroxylation is 1. The number of hydrogen-bond acceptors (Lipinski definition) is 5. The van der Waals surface area contributed by atoms with E-state index in [9.17, 15) is 14.0 Å². The SMILES string of the molecule is CCC(C)(C)C(=O)OCCCCCOc1ccc2oc(=O)c(F)c(C)c2c1. The monoisotopic (exact) mass is 378 g/mol. The van der Waals surface area contributed by atoms with Gasteiger partial charge in [-0.25, -0.2) is 4.79 Å². The summed E-state index contributed by atoms with van der Waals surface area (Å²) in [7, 11) is 0. The van der Waals surface area contributed by atoms with Crippen LogP contribution in [0.1, 0.15) is 52.0 Å². The van der Waals surface area contributed by atoms with Gasteiger partial charge in [0, 0.05) is 10.9 Å². The second kappa shape index (κ2) is 9.02. The van der Waals surface area contributed by atoms with Gasteiger partial charge in [-0.1, -0.05) is 6.92 Å². The zero-order valence-corrected chi connectivity index (χ0v) is 16.4. The van der Waals surface area contributed by atoms with E-state index in [-0.39, 0.29) is 11.5 Å². The van der Waals surface area contributed by atoms with Gasteiger partial charge in [0.15, 0.2) is 0 Å². The predicted octanol–water partition coefficient (Wildman–Crippen LogP) is 4.77. The minimum Gasteiger partial charge on any atom is -0.494 e. The summed E-state index contributed by atoms with van der Waals surface area (Å²) in [6.45, 7) is 8.18. The zero-order chi connectivity index (χ0) is 20.0. The van der Waals surface area contributed by atoms with Gasteiger partial charge in [0.2, 0.25) is 5.82 Å². The first-order chi connectivity index (χ1) is 12.8. The minimum absolute atomic E-state index is 0.160. The smallest absolute Gasteiger partial charge is 0.372 e. The van der Waals surface area contributed by atoms with E-state index in [4.69, 9.17) is 13.9 Å². The average molecular weight is 378 g/mol. The maximum Gasteiger partial charge on any atom is 0.372 e. The zero-order valence-electron chi connectivity index (χ0n) is 16.4. The number of unbranched alkanes of at least 4 members (excludes halogenated alkanes) is 2. The molecular weight excluding hydrogens is 351 g/mol. The summed E-state index contributed by atoms with van der Waals surface area (Å²) < 4.78 is 29.6. The fourth-order valence-corrected chi connectivity index (χ4v) is 2.47. The van der Waals surface area contributed by atoms with Crippen LogP contribution in [-0.2, 0) is 9.53 Å². The molecule has 148 valence electrons. The summed E-state index contributed by atoms with van der Waals surface area (Å²) in [6, 6.07) is 4.97. The number of carbonyl (C=O) groups is 1. The van der Waals surface area contributed by atoms with Crippen molar-refractivity contribution in [3.05, 3.63) is 40.0 Å². The first-order valence-corrected chi connectivity index (χ1v) is 9.29. The molecule has 0 fully saturated rings. The molecule has 0 unspecified atom stereocenters. The van der Waals surface area contributed by atoms with Crippen LogP contribution in [0.15, 0.2) is 27.4 Å². The van der Waals surface area contributed by atoms with Crippen molar-refractivity contribution in [2.75, 3.05) is 13.2 Å². The fourth-order valence-electron chi connectivity index (χ4n) is 2.47. The first kappa shape index (κ1) is 20.9. The quantitative estimate of drug-likeness (QED) is 0.357. The highest BCUT2D eigenvalue weighted by Crippen LogP contribution is 2.24. The highest BCUT2D eigenvalue weighted by molar-refractivity contribution is 5.81. The summed E-state index contributed by atoms with van der Waals surface area (Å²) in [5.74, 6) is -0.443. The van der Waals surface area contributed by atoms with Gasteiger partial charge in [0.1, 0.15) is 11.3 Å². The molecule has 2 aromatic rings. The molecule has 0 saturated heterocycles. The van der Waals surface area contributed by atoms with E-state index in [1.165, 1.54) is 0 Å². The van der Waals surface area contributed by atoms with Gasteiger partial charge < -0.3 is 13.9 Å². The van der Waals surface area contributed by atoms with Crippen LogP contribution in [0, 0.1) is 18.2 Å². The maximum absolute atomic E-state index is 13.7. The van der Waals surface area contributed by atoms with E-state index in [0.717, 1.165) is 25.7 Å². The van der Waals surface area contributed by atoms with Crippen LogP contribution in [0.2, 0.25) is 0 Å². The Morgan fingerprint density at radius 2 is 1.89 bits per heavy atom. The van der Waals surface area contributed by atoms with Gasteiger partial charge in [0.05, 0.1) is 18.6 Å². The molecule has 27 heavy (non-hydrogen) atoms. The van der Waals surface area contributed by atoms with Crippen LogP contribution in [-0.4, -0.2) is 19.2 Å². The Bertz CT molecular complexity index is 854. The largest absolute Gasteiger partial charge is 0.494 e. The van der Waals surface area contributed by atoms with Crippen LogP contribution in [0.4, 0.5) is 4.39 Å². The summed E-state index contributed by atoms with van der Waals surface area (Å²) in [4.78, 5) is 23.2. The fraction of sp³-hybridized carbons (Fsp3) is 0.524. The molecule has 0 amide bonds. The van der Waals surface area contributed by atoms with Crippen molar-refractivity contribution in [3.8, 4) is 5.75 Å².